The van der Waals surface area contributed by atoms with Gasteiger partial charge in [-0.25, -0.2) is 4.79 Å². The predicted octanol–water partition coefficient (Wildman–Crippen LogP) is 2.78. The van der Waals surface area contributed by atoms with E-state index in [0.29, 0.717) is 32.0 Å². The molecule has 3 N–H and O–H groups in total. The van der Waals surface area contributed by atoms with E-state index in [4.69, 9.17) is 4.74 Å². The topological polar surface area (TPSA) is 95.1 Å². The Morgan fingerprint density at radius 3 is 2.70 bits per heavy atom. The molecule has 0 bridgehead atoms. The van der Waals surface area contributed by atoms with Crippen molar-refractivity contribution in [2.45, 2.75) is 45.6 Å². The Labute approximate surface area is 179 Å². The van der Waals surface area contributed by atoms with E-state index in [1.165, 1.54) is 0 Å². The van der Waals surface area contributed by atoms with E-state index in [1.54, 1.807) is 19.0 Å². The van der Waals surface area contributed by atoms with Gasteiger partial charge in [-0.3, -0.25) is 9.79 Å². The molecule has 2 rings (SSSR count). The van der Waals surface area contributed by atoms with Gasteiger partial charge in [-0.2, -0.15) is 0 Å². The number of fused-ring (bicyclic) bond motifs is 1. The third-order valence-electron chi connectivity index (χ3n) is 4.75. The summed E-state index contributed by atoms with van der Waals surface area (Å²) in [5, 5.41) is 9.53. The van der Waals surface area contributed by atoms with Crippen molar-refractivity contribution in [2.24, 2.45) is 10.9 Å². The number of nitrogens with one attached hydrogen (secondary N) is 3. The molecule has 1 aromatic carbocycles. The summed E-state index contributed by atoms with van der Waals surface area (Å²) in [7, 11) is 3.46. The highest BCUT2D eigenvalue weighted by Crippen LogP contribution is 2.31. The highest BCUT2D eigenvalue weighted by atomic mass is 16.6. The second kappa shape index (κ2) is 10.3. The first-order chi connectivity index (χ1) is 14.1. The molecule has 0 radical (unpaired) electrons. The lowest BCUT2D eigenvalue weighted by atomic mass is 9.90. The molecule has 166 valence electrons. The molecule has 30 heavy (non-hydrogen) atoms. The molecule has 2 amide bonds. The molecule has 0 saturated heterocycles. The van der Waals surface area contributed by atoms with Crippen LogP contribution in [0.3, 0.4) is 0 Å². The van der Waals surface area contributed by atoms with Crippen LogP contribution in [0.15, 0.2) is 29.3 Å². The van der Waals surface area contributed by atoms with Crippen LogP contribution >= 0.6 is 0 Å². The van der Waals surface area contributed by atoms with Gasteiger partial charge in [0.1, 0.15) is 5.60 Å². The van der Waals surface area contributed by atoms with Crippen molar-refractivity contribution in [3.8, 4) is 0 Å². The zero-order chi connectivity index (χ0) is 22.3. The smallest absolute Gasteiger partial charge is 0.410 e. The number of ether oxygens (including phenoxy) is 1. The van der Waals surface area contributed by atoms with Crippen molar-refractivity contribution >= 4 is 23.6 Å². The van der Waals surface area contributed by atoms with Crippen LogP contribution < -0.4 is 16.0 Å². The third kappa shape index (κ3) is 7.24. The average Bonchev–Trinajstić information content (AvgIpc) is 2.66. The molecule has 0 fully saturated rings. The van der Waals surface area contributed by atoms with E-state index in [0.717, 1.165) is 11.3 Å². The summed E-state index contributed by atoms with van der Waals surface area (Å²) < 4.78 is 5.39. The number of guanidine groups is 1. The quantitative estimate of drug-likeness (QED) is 0.489. The van der Waals surface area contributed by atoms with Gasteiger partial charge in [0.15, 0.2) is 5.96 Å². The molecule has 0 spiro atoms. The summed E-state index contributed by atoms with van der Waals surface area (Å²) >= 11 is 0. The van der Waals surface area contributed by atoms with Gasteiger partial charge >= 0.3 is 6.09 Å². The maximum Gasteiger partial charge on any atom is 0.410 e. The monoisotopic (exact) mass is 417 g/mol. The summed E-state index contributed by atoms with van der Waals surface area (Å²) in [6, 6.07) is 7.88. The standard InChI is InChI=1S/C22H35N5O3/c1-15(14-27(6)21(29)30-22(2,3)4)12-24-20(23-5)25-13-16-11-19(28)26-18-10-8-7-9-17(16)18/h7-10,15-16H,11-14H2,1-6H3,(H,26,28)(H2,23,24,25). The van der Waals surface area contributed by atoms with Crippen molar-refractivity contribution in [1.82, 2.24) is 15.5 Å². The second-order valence-corrected chi connectivity index (χ2v) is 8.84. The maximum atomic E-state index is 12.1. The molecule has 1 heterocycles. The van der Waals surface area contributed by atoms with Crippen molar-refractivity contribution in [3.63, 3.8) is 0 Å². The summed E-state index contributed by atoms with van der Waals surface area (Å²) in [5.74, 6) is 0.985. The van der Waals surface area contributed by atoms with E-state index in [2.05, 4.69) is 27.9 Å². The summed E-state index contributed by atoms with van der Waals surface area (Å²) in [5.41, 5.74) is 1.50. The molecule has 2 unspecified atom stereocenters. The van der Waals surface area contributed by atoms with Gasteiger partial charge in [0, 0.05) is 51.8 Å². The number of nitrogens with zero attached hydrogens (tertiary/aromatic N) is 2. The number of anilines is 1. The van der Waals surface area contributed by atoms with E-state index < -0.39 is 5.60 Å². The average molecular weight is 418 g/mol. The highest BCUT2D eigenvalue weighted by molar-refractivity contribution is 5.94. The number of benzene rings is 1. The number of hydrogen-bond donors (Lipinski definition) is 3. The van der Waals surface area contributed by atoms with Crippen molar-refractivity contribution in [1.29, 1.82) is 0 Å². The Morgan fingerprint density at radius 2 is 2.03 bits per heavy atom. The number of carbonyl (C=O) groups is 2. The van der Waals surface area contributed by atoms with Crippen LogP contribution in [0.25, 0.3) is 0 Å². The Hall–Kier alpha value is -2.77. The minimum absolute atomic E-state index is 0.0299. The van der Waals surface area contributed by atoms with E-state index in [9.17, 15) is 9.59 Å². The Kier molecular flexibility index (Phi) is 8.08. The Bertz CT molecular complexity index is 772. The van der Waals surface area contributed by atoms with Gasteiger partial charge in [-0.05, 0) is 38.3 Å². The predicted molar refractivity (Wildman–Crippen MR) is 120 cm³/mol. The molecular formula is C22H35N5O3. The first kappa shape index (κ1) is 23.5. The maximum absolute atomic E-state index is 12.1. The lowest BCUT2D eigenvalue weighted by molar-refractivity contribution is -0.116. The molecule has 1 aliphatic heterocycles. The molecule has 8 nitrogen and oxygen atoms in total. The van der Waals surface area contributed by atoms with Crippen LogP contribution in [0.5, 0.6) is 0 Å². The highest BCUT2D eigenvalue weighted by Gasteiger charge is 2.25. The lowest BCUT2D eigenvalue weighted by Gasteiger charge is -2.27. The van der Waals surface area contributed by atoms with Crippen molar-refractivity contribution in [2.75, 3.05) is 39.0 Å². The molecule has 1 aliphatic rings. The van der Waals surface area contributed by atoms with Crippen LogP contribution in [0.2, 0.25) is 0 Å². The van der Waals surface area contributed by atoms with Crippen molar-refractivity contribution < 1.29 is 14.3 Å². The number of hydrogen-bond acceptors (Lipinski definition) is 4. The van der Waals surface area contributed by atoms with Crippen LogP contribution in [0.4, 0.5) is 10.5 Å². The minimum atomic E-state index is -0.507. The summed E-state index contributed by atoms with van der Waals surface area (Å²) in [6.45, 7) is 9.44. The number of amides is 2. The summed E-state index contributed by atoms with van der Waals surface area (Å²) in [4.78, 5) is 29.9. The Morgan fingerprint density at radius 1 is 1.33 bits per heavy atom. The minimum Gasteiger partial charge on any atom is -0.444 e. The van der Waals surface area contributed by atoms with Crippen LogP contribution in [-0.4, -0.2) is 62.2 Å². The molecule has 8 heteroatoms. The zero-order valence-electron chi connectivity index (χ0n) is 18.9. The van der Waals surface area contributed by atoms with Crippen molar-refractivity contribution in [3.05, 3.63) is 29.8 Å². The molecule has 0 aromatic heterocycles. The third-order valence-corrected chi connectivity index (χ3v) is 4.75. The van der Waals surface area contributed by atoms with Gasteiger partial charge in [0.2, 0.25) is 5.91 Å². The molecule has 2 atom stereocenters. The normalized spacial score (nSPS) is 17.5. The number of carbonyl (C=O) groups excluding carboxylic acids is 2. The van der Waals surface area contributed by atoms with E-state index >= 15 is 0 Å². The summed E-state index contributed by atoms with van der Waals surface area (Å²) in [6.07, 6.45) is 0.115. The van der Waals surface area contributed by atoms with E-state index in [-0.39, 0.29) is 23.8 Å². The Balaban J connectivity index is 1.81. The van der Waals surface area contributed by atoms with Gasteiger partial charge in [-0.15, -0.1) is 0 Å². The number of rotatable bonds is 6. The second-order valence-electron chi connectivity index (χ2n) is 8.84. The van der Waals surface area contributed by atoms with Crippen LogP contribution in [0.1, 0.15) is 45.6 Å². The van der Waals surface area contributed by atoms with Gasteiger partial charge in [-0.1, -0.05) is 25.1 Å². The number of aliphatic imine (C=N–C) groups is 1. The van der Waals surface area contributed by atoms with Crippen LogP contribution in [0, 0.1) is 5.92 Å². The fraction of sp³-hybridized carbons (Fsp3) is 0.591. The number of para-hydroxylation sites is 1. The molecule has 0 aliphatic carbocycles. The SMILES string of the molecule is CN=C(NCC(C)CN(C)C(=O)OC(C)(C)C)NCC1CC(=O)Nc2ccccc21. The largest absolute Gasteiger partial charge is 0.444 e. The fourth-order valence-corrected chi connectivity index (χ4v) is 3.34. The molecule has 0 saturated carbocycles. The molecular weight excluding hydrogens is 382 g/mol. The van der Waals surface area contributed by atoms with Crippen LogP contribution in [-0.2, 0) is 9.53 Å². The van der Waals surface area contributed by atoms with Gasteiger partial charge in [0.25, 0.3) is 0 Å². The van der Waals surface area contributed by atoms with Gasteiger partial charge < -0.3 is 25.6 Å². The van der Waals surface area contributed by atoms with Gasteiger partial charge in [0.05, 0.1) is 0 Å². The first-order valence-electron chi connectivity index (χ1n) is 10.4. The van der Waals surface area contributed by atoms with E-state index in [1.807, 2.05) is 45.0 Å². The molecule has 1 aromatic rings. The zero-order valence-corrected chi connectivity index (χ0v) is 18.9. The fourth-order valence-electron chi connectivity index (χ4n) is 3.34. The lowest BCUT2D eigenvalue weighted by Crippen LogP contribution is -2.44. The first-order valence-corrected chi connectivity index (χ1v) is 10.4.